The number of hydrogen-bond acceptors (Lipinski definition) is 5. The first-order chi connectivity index (χ1) is 14.7. The number of hydrogen-bond donors (Lipinski definition) is 0. The van der Waals surface area contributed by atoms with Gasteiger partial charge >= 0.3 is 0 Å². The molecule has 4 aromatic rings. The summed E-state index contributed by atoms with van der Waals surface area (Å²) in [5.74, 6) is -0.611. The molecule has 0 N–H and O–H groups in total. The summed E-state index contributed by atoms with van der Waals surface area (Å²) in [6.45, 7) is 0.704. The van der Waals surface area contributed by atoms with Crippen molar-refractivity contribution in [1.29, 1.82) is 0 Å². The highest BCUT2D eigenvalue weighted by Gasteiger charge is 2.11. The van der Waals surface area contributed by atoms with Crippen molar-refractivity contribution in [3.8, 4) is 11.5 Å². The molecule has 0 aliphatic rings. The number of ether oxygens (including phenoxy) is 1. The van der Waals surface area contributed by atoms with Crippen LogP contribution in [0.3, 0.4) is 0 Å². The molecule has 2 aromatic heterocycles. The maximum absolute atomic E-state index is 14.4. The maximum Gasteiger partial charge on any atom is 0.191 e. The molecule has 0 saturated carbocycles. The summed E-state index contributed by atoms with van der Waals surface area (Å²) in [6.07, 6.45) is 4.21. The van der Waals surface area contributed by atoms with Crippen LogP contribution in [-0.4, -0.2) is 19.7 Å². The summed E-state index contributed by atoms with van der Waals surface area (Å²) in [5.41, 5.74) is 1.76. The van der Waals surface area contributed by atoms with E-state index in [0.717, 1.165) is 22.8 Å². The average molecular weight is 424 g/mol. The Morgan fingerprint density at radius 3 is 2.57 bits per heavy atom. The Morgan fingerprint density at radius 2 is 1.77 bits per heavy atom. The molecule has 2 heterocycles. The van der Waals surface area contributed by atoms with Crippen LogP contribution in [0.1, 0.15) is 11.3 Å². The van der Waals surface area contributed by atoms with E-state index in [4.69, 9.17) is 4.74 Å². The number of halogens is 2. The van der Waals surface area contributed by atoms with Gasteiger partial charge in [0, 0.05) is 30.6 Å². The average Bonchev–Trinajstić information content (AvgIpc) is 3.22. The van der Waals surface area contributed by atoms with Gasteiger partial charge in [-0.15, -0.1) is 10.2 Å². The third kappa shape index (κ3) is 5.01. The van der Waals surface area contributed by atoms with Gasteiger partial charge in [0.25, 0.3) is 0 Å². The molecule has 0 bridgehead atoms. The molecule has 2 aromatic carbocycles. The zero-order valence-corrected chi connectivity index (χ0v) is 16.7. The van der Waals surface area contributed by atoms with Gasteiger partial charge in [-0.05, 0) is 42.0 Å². The molecule has 4 rings (SSSR count). The lowest BCUT2D eigenvalue weighted by molar-refractivity contribution is 0.414. The highest BCUT2D eigenvalue weighted by atomic mass is 32.2. The van der Waals surface area contributed by atoms with E-state index in [2.05, 4.69) is 15.2 Å². The number of aryl methyl sites for hydroxylation is 2. The van der Waals surface area contributed by atoms with Gasteiger partial charge in [-0.3, -0.25) is 4.98 Å². The Balaban J connectivity index is 1.37. The Labute approximate surface area is 176 Å². The Kier molecular flexibility index (Phi) is 6.34. The second kappa shape index (κ2) is 9.49. The van der Waals surface area contributed by atoms with Crippen LogP contribution in [-0.2, 0) is 18.7 Å². The van der Waals surface area contributed by atoms with Crippen molar-refractivity contribution >= 4 is 11.8 Å². The Bertz CT molecular complexity index is 1120. The second-order valence-corrected chi connectivity index (χ2v) is 7.41. The van der Waals surface area contributed by atoms with Crippen molar-refractivity contribution < 1.29 is 13.5 Å². The van der Waals surface area contributed by atoms with Gasteiger partial charge in [0.05, 0.1) is 0 Å². The summed E-state index contributed by atoms with van der Waals surface area (Å²) in [7, 11) is 0. The number of pyridine rings is 1. The van der Waals surface area contributed by atoms with E-state index in [1.807, 2.05) is 22.8 Å². The number of thioether (sulfide) groups is 1. The van der Waals surface area contributed by atoms with E-state index < -0.39 is 11.6 Å². The normalized spacial score (nSPS) is 10.9. The molecule has 30 heavy (non-hydrogen) atoms. The first-order valence-corrected chi connectivity index (χ1v) is 10.3. The summed E-state index contributed by atoms with van der Waals surface area (Å²) in [4.78, 5) is 4.32. The predicted molar refractivity (Wildman–Crippen MR) is 110 cm³/mol. The second-order valence-electron chi connectivity index (χ2n) is 6.46. The molecule has 0 amide bonds. The molecule has 0 saturated heterocycles. The monoisotopic (exact) mass is 424 g/mol. The molecule has 0 spiro atoms. The highest BCUT2D eigenvalue weighted by Crippen LogP contribution is 2.29. The number of nitrogens with zero attached hydrogens (tertiary/aromatic N) is 4. The van der Waals surface area contributed by atoms with Gasteiger partial charge in [0.2, 0.25) is 0 Å². The lowest BCUT2D eigenvalue weighted by Gasteiger charge is -2.09. The lowest BCUT2D eigenvalue weighted by atomic mass is 10.2. The zero-order chi connectivity index (χ0) is 20.8. The van der Waals surface area contributed by atoms with Crippen LogP contribution < -0.4 is 4.74 Å². The molecular formula is C22H18F2N4OS. The van der Waals surface area contributed by atoms with Gasteiger partial charge in [0.1, 0.15) is 6.33 Å². The standard InChI is InChI=1S/C22H18F2N4OS/c23-18-6-1-2-7-20(18)29-21-9-8-16(13-19(21)24)14-30-22-27-26-15-28(22)12-10-17-5-3-4-11-25-17/h1-9,11,13,15H,10,12,14H2. The summed E-state index contributed by atoms with van der Waals surface area (Å²) in [5, 5.41) is 8.87. The van der Waals surface area contributed by atoms with E-state index in [-0.39, 0.29) is 11.5 Å². The van der Waals surface area contributed by atoms with E-state index in [1.54, 1.807) is 30.7 Å². The van der Waals surface area contributed by atoms with Crippen molar-refractivity contribution in [1.82, 2.24) is 19.7 Å². The molecule has 0 aliphatic heterocycles. The molecule has 8 heteroatoms. The third-order valence-electron chi connectivity index (χ3n) is 4.34. The first-order valence-electron chi connectivity index (χ1n) is 9.30. The minimum Gasteiger partial charge on any atom is -0.451 e. The topological polar surface area (TPSA) is 52.8 Å². The number of para-hydroxylation sites is 1. The quantitative estimate of drug-likeness (QED) is 0.360. The zero-order valence-electron chi connectivity index (χ0n) is 15.9. The van der Waals surface area contributed by atoms with E-state index in [9.17, 15) is 8.78 Å². The molecule has 0 aliphatic carbocycles. The van der Waals surface area contributed by atoms with Crippen molar-refractivity contribution in [2.45, 2.75) is 23.9 Å². The molecule has 0 atom stereocenters. The van der Waals surface area contributed by atoms with E-state index in [0.29, 0.717) is 12.3 Å². The predicted octanol–water partition coefficient (Wildman–Crippen LogP) is 5.28. The summed E-state index contributed by atoms with van der Waals surface area (Å²) >= 11 is 1.46. The molecule has 5 nitrogen and oxygen atoms in total. The van der Waals surface area contributed by atoms with Crippen molar-refractivity contribution in [2.24, 2.45) is 0 Å². The van der Waals surface area contributed by atoms with Crippen LogP contribution in [0.2, 0.25) is 0 Å². The smallest absolute Gasteiger partial charge is 0.191 e. The van der Waals surface area contributed by atoms with Crippen LogP contribution in [0.25, 0.3) is 0 Å². The molecule has 0 fully saturated rings. The largest absolute Gasteiger partial charge is 0.451 e. The van der Waals surface area contributed by atoms with Gasteiger partial charge in [-0.2, -0.15) is 0 Å². The number of aromatic nitrogens is 4. The fourth-order valence-electron chi connectivity index (χ4n) is 2.80. The van der Waals surface area contributed by atoms with E-state index >= 15 is 0 Å². The van der Waals surface area contributed by atoms with Crippen LogP contribution >= 0.6 is 11.8 Å². The minimum atomic E-state index is -0.548. The molecule has 0 radical (unpaired) electrons. The van der Waals surface area contributed by atoms with Gasteiger partial charge in [-0.1, -0.05) is 36.0 Å². The van der Waals surface area contributed by atoms with Crippen molar-refractivity contribution in [3.05, 3.63) is 96.1 Å². The van der Waals surface area contributed by atoms with Crippen molar-refractivity contribution in [2.75, 3.05) is 0 Å². The van der Waals surface area contributed by atoms with Crippen LogP contribution in [0.4, 0.5) is 8.78 Å². The fourth-order valence-corrected chi connectivity index (χ4v) is 3.69. The van der Waals surface area contributed by atoms with Crippen LogP contribution in [0, 0.1) is 11.6 Å². The Hall–Kier alpha value is -3.26. The van der Waals surface area contributed by atoms with Crippen LogP contribution in [0.5, 0.6) is 11.5 Å². The van der Waals surface area contributed by atoms with Gasteiger partial charge < -0.3 is 9.30 Å². The molecule has 152 valence electrons. The van der Waals surface area contributed by atoms with Crippen molar-refractivity contribution in [3.63, 3.8) is 0 Å². The SMILES string of the molecule is Fc1ccccc1Oc1ccc(CSc2nncn2CCc2ccccn2)cc1F. The molecular weight excluding hydrogens is 406 g/mol. The third-order valence-corrected chi connectivity index (χ3v) is 5.39. The van der Waals surface area contributed by atoms with Gasteiger partial charge in [0.15, 0.2) is 28.3 Å². The minimum absolute atomic E-state index is 0.0143. The first kappa shape index (κ1) is 20.0. The van der Waals surface area contributed by atoms with Crippen LogP contribution in [0.15, 0.2) is 78.3 Å². The summed E-state index contributed by atoms with van der Waals surface area (Å²) < 4.78 is 35.4. The number of rotatable bonds is 8. The maximum atomic E-state index is 14.4. The lowest BCUT2D eigenvalue weighted by Crippen LogP contribution is -2.03. The molecule has 0 unspecified atom stereocenters. The van der Waals surface area contributed by atoms with E-state index in [1.165, 1.54) is 36.0 Å². The fraction of sp³-hybridized carbons (Fsp3) is 0.136. The Morgan fingerprint density at radius 1 is 0.933 bits per heavy atom. The van der Waals surface area contributed by atoms with Gasteiger partial charge in [-0.25, -0.2) is 8.78 Å². The summed E-state index contributed by atoms with van der Waals surface area (Å²) in [6, 6.07) is 16.4. The number of benzene rings is 2. The highest BCUT2D eigenvalue weighted by molar-refractivity contribution is 7.98.